The van der Waals surface area contributed by atoms with Crippen molar-refractivity contribution in [3.8, 4) is 0 Å². The van der Waals surface area contributed by atoms with E-state index >= 15 is 0 Å². The zero-order valence-electron chi connectivity index (χ0n) is 23.7. The summed E-state index contributed by atoms with van der Waals surface area (Å²) in [4.78, 5) is 35.1. The van der Waals surface area contributed by atoms with Crippen molar-refractivity contribution in [1.29, 1.82) is 0 Å². The second kappa shape index (κ2) is 11.1. The molecule has 2 atom stereocenters. The fourth-order valence-electron chi connectivity index (χ4n) is 4.36. The molecule has 2 fully saturated rings. The Hall–Kier alpha value is -2.25. The molecule has 0 spiro atoms. The van der Waals surface area contributed by atoms with E-state index in [1.54, 1.807) is 32.6 Å². The van der Waals surface area contributed by atoms with Crippen molar-refractivity contribution in [2.75, 3.05) is 12.3 Å². The first-order valence-corrected chi connectivity index (χ1v) is 14.8. The van der Waals surface area contributed by atoms with Gasteiger partial charge >= 0.3 is 13.2 Å². The van der Waals surface area contributed by atoms with Crippen molar-refractivity contribution in [2.45, 2.75) is 115 Å². The molecular formula is C25H41BN4O7S. The molecule has 0 radical (unpaired) electrons. The number of aromatic nitrogens is 2. The number of piperidine rings is 1. The van der Waals surface area contributed by atoms with Gasteiger partial charge in [0.25, 0.3) is 0 Å². The van der Waals surface area contributed by atoms with Crippen molar-refractivity contribution in [3.63, 3.8) is 0 Å². The van der Waals surface area contributed by atoms with Crippen LogP contribution in [0.3, 0.4) is 0 Å². The first-order chi connectivity index (χ1) is 17.4. The fourth-order valence-corrected chi connectivity index (χ4v) is 5.55. The normalized spacial score (nSPS) is 22.2. The third-order valence-electron chi connectivity index (χ3n) is 7.19. The molecule has 212 valence electrons. The Morgan fingerprint density at radius 3 is 2.29 bits per heavy atom. The molecule has 0 unspecified atom stereocenters. The highest BCUT2D eigenvalue weighted by Gasteiger charge is 2.52. The first kappa shape index (κ1) is 30.3. The van der Waals surface area contributed by atoms with E-state index in [1.807, 2.05) is 27.7 Å². The van der Waals surface area contributed by atoms with Crippen molar-refractivity contribution in [1.82, 2.24) is 20.2 Å². The van der Waals surface area contributed by atoms with Crippen molar-refractivity contribution >= 4 is 34.4 Å². The lowest BCUT2D eigenvalue weighted by molar-refractivity contribution is -0.136. The van der Waals surface area contributed by atoms with Crippen LogP contribution in [-0.4, -0.2) is 83.6 Å². The minimum absolute atomic E-state index is 0.203. The van der Waals surface area contributed by atoms with Crippen LogP contribution < -0.4 is 10.8 Å². The van der Waals surface area contributed by atoms with Crippen LogP contribution in [0.2, 0.25) is 0 Å². The number of rotatable bonds is 7. The number of sulfone groups is 1. The summed E-state index contributed by atoms with van der Waals surface area (Å²) in [7, 11) is -4.47. The molecule has 0 aliphatic carbocycles. The van der Waals surface area contributed by atoms with E-state index in [4.69, 9.17) is 14.0 Å². The summed E-state index contributed by atoms with van der Waals surface area (Å²) >= 11 is 0. The smallest absolute Gasteiger partial charge is 0.444 e. The molecule has 38 heavy (non-hydrogen) atoms. The topological polar surface area (TPSA) is 137 Å². The van der Waals surface area contributed by atoms with Crippen LogP contribution >= 0.6 is 0 Å². The number of amides is 2. The van der Waals surface area contributed by atoms with Gasteiger partial charge < -0.3 is 24.3 Å². The van der Waals surface area contributed by atoms with E-state index in [0.717, 1.165) is 12.8 Å². The molecule has 11 nitrogen and oxygen atoms in total. The SMILES string of the molecule is C[C@@H](NC(=O)OC(C)(C)C)C(=O)N1CCCC[C@H]1CCS(=O)(=O)c1ncc(B2OC(C)(C)C(C)(C)O2)cn1. The average Bonchev–Trinajstić information content (AvgIpc) is 3.03. The van der Waals surface area contributed by atoms with E-state index in [0.29, 0.717) is 18.4 Å². The van der Waals surface area contributed by atoms with Gasteiger partial charge in [0, 0.05) is 30.4 Å². The van der Waals surface area contributed by atoms with Crippen LogP contribution in [-0.2, 0) is 28.7 Å². The van der Waals surface area contributed by atoms with Gasteiger partial charge in [-0.2, -0.15) is 0 Å². The van der Waals surface area contributed by atoms with Gasteiger partial charge in [0.1, 0.15) is 11.6 Å². The molecule has 1 aromatic rings. The Morgan fingerprint density at radius 2 is 1.74 bits per heavy atom. The number of alkyl carbamates (subject to hydrolysis) is 1. The molecule has 2 aliphatic rings. The van der Waals surface area contributed by atoms with Gasteiger partial charge in [-0.1, -0.05) is 0 Å². The maximum absolute atomic E-state index is 13.1. The molecule has 0 aromatic carbocycles. The molecule has 0 bridgehead atoms. The third kappa shape index (κ3) is 7.23. The van der Waals surface area contributed by atoms with Gasteiger partial charge in [0.15, 0.2) is 0 Å². The first-order valence-electron chi connectivity index (χ1n) is 13.1. The summed E-state index contributed by atoms with van der Waals surface area (Å²) in [6, 6.07) is -1.06. The number of carbonyl (C=O) groups is 2. The van der Waals surface area contributed by atoms with Crippen molar-refractivity contribution in [2.24, 2.45) is 0 Å². The lowest BCUT2D eigenvalue weighted by Crippen LogP contribution is -2.53. The number of ether oxygens (including phenoxy) is 1. The highest BCUT2D eigenvalue weighted by Crippen LogP contribution is 2.36. The molecular weight excluding hydrogens is 511 g/mol. The molecule has 2 aliphatic heterocycles. The van der Waals surface area contributed by atoms with E-state index in [1.165, 1.54) is 12.4 Å². The summed E-state index contributed by atoms with van der Waals surface area (Å²) in [5, 5.41) is 2.31. The maximum atomic E-state index is 13.1. The number of nitrogens with zero attached hydrogens (tertiary/aromatic N) is 3. The average molecular weight is 553 g/mol. The van der Waals surface area contributed by atoms with Crippen molar-refractivity contribution in [3.05, 3.63) is 12.4 Å². The van der Waals surface area contributed by atoms with Gasteiger partial charge in [-0.25, -0.2) is 23.2 Å². The summed E-state index contributed by atoms with van der Waals surface area (Å²) in [5.41, 5.74) is -1.21. The Kier molecular flexibility index (Phi) is 8.84. The minimum atomic E-state index is -3.79. The maximum Gasteiger partial charge on any atom is 0.498 e. The van der Waals surface area contributed by atoms with Crippen LogP contribution in [0.4, 0.5) is 4.79 Å². The van der Waals surface area contributed by atoms with Gasteiger partial charge in [-0.05, 0) is 81.1 Å². The van der Waals surface area contributed by atoms with E-state index in [-0.39, 0.29) is 29.3 Å². The largest absolute Gasteiger partial charge is 0.498 e. The minimum Gasteiger partial charge on any atom is -0.444 e. The van der Waals surface area contributed by atoms with Crippen molar-refractivity contribution < 1.29 is 32.1 Å². The van der Waals surface area contributed by atoms with Gasteiger partial charge in [-0.15, -0.1) is 0 Å². The van der Waals surface area contributed by atoms with Crippen LogP contribution in [0.5, 0.6) is 0 Å². The van der Waals surface area contributed by atoms with Crippen LogP contribution in [0.15, 0.2) is 17.6 Å². The number of carbonyl (C=O) groups excluding carboxylic acids is 2. The van der Waals surface area contributed by atoms with Gasteiger partial charge in [0.2, 0.25) is 20.9 Å². The fraction of sp³-hybridized carbons (Fsp3) is 0.760. The number of likely N-dealkylation sites (tertiary alicyclic amines) is 1. The lowest BCUT2D eigenvalue weighted by Gasteiger charge is -2.37. The predicted octanol–water partition coefficient (Wildman–Crippen LogP) is 2.23. The number of hydrogen-bond donors (Lipinski definition) is 1. The zero-order chi connectivity index (χ0) is 28.5. The third-order valence-corrected chi connectivity index (χ3v) is 8.73. The molecule has 1 aromatic heterocycles. The van der Waals surface area contributed by atoms with E-state index < -0.39 is 45.9 Å². The summed E-state index contributed by atoms with van der Waals surface area (Å²) in [6.07, 6.45) is 4.80. The Labute approximate surface area is 226 Å². The number of nitrogens with one attached hydrogen (secondary N) is 1. The molecule has 2 amide bonds. The molecule has 2 saturated heterocycles. The number of hydrogen-bond acceptors (Lipinski definition) is 9. The standard InChI is InChI=1S/C25H41BN4O7S/c1-17(29-22(32)35-23(2,3)4)20(31)30-13-10-9-11-19(30)12-14-38(33,34)21-27-15-18(16-28-21)26-36-24(5,6)25(7,8)37-26/h15-17,19H,9-14H2,1-8H3,(H,29,32)/t17-,19+/m1/s1. The molecule has 0 saturated carbocycles. The zero-order valence-corrected chi connectivity index (χ0v) is 24.6. The molecule has 1 N–H and O–H groups in total. The highest BCUT2D eigenvalue weighted by molar-refractivity contribution is 7.91. The van der Waals surface area contributed by atoms with Gasteiger partial charge in [0.05, 0.1) is 17.0 Å². The summed E-state index contributed by atoms with van der Waals surface area (Å²) in [5.74, 6) is -0.466. The molecule has 3 heterocycles. The van der Waals surface area contributed by atoms with E-state index in [9.17, 15) is 18.0 Å². The highest BCUT2D eigenvalue weighted by atomic mass is 32.2. The molecule has 13 heteroatoms. The summed E-state index contributed by atoms with van der Waals surface area (Å²) < 4.78 is 43.3. The predicted molar refractivity (Wildman–Crippen MR) is 143 cm³/mol. The Morgan fingerprint density at radius 1 is 1.16 bits per heavy atom. The second-order valence-electron chi connectivity index (χ2n) is 12.0. The van der Waals surface area contributed by atoms with Crippen LogP contribution in [0, 0.1) is 0 Å². The lowest BCUT2D eigenvalue weighted by atomic mass is 9.81. The Balaban J connectivity index is 1.62. The van der Waals surface area contributed by atoms with E-state index in [2.05, 4.69) is 15.3 Å². The quantitative estimate of drug-likeness (QED) is 0.399. The van der Waals surface area contributed by atoms with Gasteiger partial charge in [-0.3, -0.25) is 4.79 Å². The summed E-state index contributed by atoms with van der Waals surface area (Å²) in [6.45, 7) is 15.1. The second-order valence-corrected chi connectivity index (χ2v) is 14.0. The molecule has 3 rings (SSSR count). The van der Waals surface area contributed by atoms with Crippen LogP contribution in [0.1, 0.15) is 81.1 Å². The monoisotopic (exact) mass is 552 g/mol. The van der Waals surface area contributed by atoms with Crippen LogP contribution in [0.25, 0.3) is 0 Å². The Bertz CT molecular complexity index is 1100.